The molecule has 2 rings (SSSR count). The van der Waals surface area contributed by atoms with Crippen LogP contribution in [0.4, 0.5) is 8.78 Å². The fourth-order valence-electron chi connectivity index (χ4n) is 2.27. The van der Waals surface area contributed by atoms with Crippen molar-refractivity contribution in [3.8, 4) is 0 Å². The van der Waals surface area contributed by atoms with Crippen molar-refractivity contribution < 1.29 is 17.2 Å². The van der Waals surface area contributed by atoms with Crippen molar-refractivity contribution >= 4 is 21.6 Å². The molecule has 0 saturated carbocycles. The highest BCUT2D eigenvalue weighted by molar-refractivity contribution is 7.89. The molecule has 0 radical (unpaired) electrons. The number of benzene rings is 1. The molecule has 0 aliphatic carbocycles. The molecule has 1 aliphatic heterocycles. The van der Waals surface area contributed by atoms with Crippen molar-refractivity contribution in [2.75, 3.05) is 6.54 Å². The maximum atomic E-state index is 13.8. The van der Waals surface area contributed by atoms with Crippen LogP contribution in [0, 0.1) is 11.6 Å². The van der Waals surface area contributed by atoms with Crippen LogP contribution in [0.3, 0.4) is 0 Å². The summed E-state index contributed by atoms with van der Waals surface area (Å²) < 4.78 is 53.1. The Balaban J connectivity index is 2.54. The monoisotopic (exact) mass is 309 g/mol. The van der Waals surface area contributed by atoms with E-state index >= 15 is 0 Å². The van der Waals surface area contributed by atoms with Gasteiger partial charge in [-0.05, 0) is 37.5 Å². The number of hydrogen-bond acceptors (Lipinski definition) is 2. The molecular formula is C12H14ClF2NO2S. The van der Waals surface area contributed by atoms with E-state index in [9.17, 15) is 17.2 Å². The number of sulfonamides is 1. The molecular weight excluding hydrogens is 296 g/mol. The predicted octanol–water partition coefficient (Wildman–Crippen LogP) is 2.88. The molecule has 3 nitrogen and oxygen atoms in total. The molecule has 1 heterocycles. The quantitative estimate of drug-likeness (QED) is 0.805. The van der Waals surface area contributed by atoms with Crippen LogP contribution in [0.2, 0.25) is 0 Å². The standard InChI is InChI=1S/C12H14ClF2NO2S/c1-8-3-2-4-16(8)19(17,18)11-6-9(7-13)5-10(14)12(11)15/h5-6,8H,2-4,7H2,1H3. The van der Waals surface area contributed by atoms with Crippen molar-refractivity contribution in [1.29, 1.82) is 0 Å². The van der Waals surface area contributed by atoms with E-state index in [1.165, 1.54) is 4.31 Å². The topological polar surface area (TPSA) is 37.4 Å². The van der Waals surface area contributed by atoms with E-state index < -0.39 is 26.6 Å². The van der Waals surface area contributed by atoms with Gasteiger partial charge in [0, 0.05) is 18.5 Å². The fourth-order valence-corrected chi connectivity index (χ4v) is 4.25. The number of hydrogen-bond donors (Lipinski definition) is 0. The first-order valence-electron chi connectivity index (χ1n) is 5.93. The first kappa shape index (κ1) is 14.7. The number of nitrogens with zero attached hydrogens (tertiary/aromatic N) is 1. The van der Waals surface area contributed by atoms with Gasteiger partial charge in [-0.25, -0.2) is 17.2 Å². The minimum atomic E-state index is -4.01. The van der Waals surface area contributed by atoms with Crippen LogP contribution in [0.1, 0.15) is 25.3 Å². The Labute approximate surface area is 116 Å². The number of halogens is 3. The summed E-state index contributed by atoms with van der Waals surface area (Å²) in [5.74, 6) is -2.61. The zero-order chi connectivity index (χ0) is 14.2. The second-order valence-electron chi connectivity index (χ2n) is 4.63. The third-order valence-electron chi connectivity index (χ3n) is 3.29. The summed E-state index contributed by atoms with van der Waals surface area (Å²) in [4.78, 5) is -0.628. The average molecular weight is 310 g/mol. The van der Waals surface area contributed by atoms with Crippen LogP contribution in [-0.4, -0.2) is 25.3 Å². The molecule has 1 unspecified atom stereocenters. The molecule has 0 spiro atoms. The van der Waals surface area contributed by atoms with Crippen LogP contribution < -0.4 is 0 Å². The van der Waals surface area contributed by atoms with E-state index in [1.54, 1.807) is 6.92 Å². The van der Waals surface area contributed by atoms with E-state index in [0.717, 1.165) is 25.0 Å². The summed E-state index contributed by atoms with van der Waals surface area (Å²) in [5, 5.41) is 0. The summed E-state index contributed by atoms with van der Waals surface area (Å²) in [6, 6.07) is 1.81. The molecule has 106 valence electrons. The molecule has 19 heavy (non-hydrogen) atoms. The van der Waals surface area contributed by atoms with Crippen LogP contribution >= 0.6 is 11.6 Å². The lowest BCUT2D eigenvalue weighted by Crippen LogP contribution is -2.34. The summed E-state index contributed by atoms with van der Waals surface area (Å²) in [5.41, 5.74) is 0.242. The predicted molar refractivity (Wildman–Crippen MR) is 68.5 cm³/mol. The Kier molecular flexibility index (Phi) is 4.13. The lowest BCUT2D eigenvalue weighted by atomic mass is 10.2. The molecule has 1 fully saturated rings. The minimum Gasteiger partial charge on any atom is -0.207 e. The van der Waals surface area contributed by atoms with Crippen LogP contribution in [0.5, 0.6) is 0 Å². The van der Waals surface area contributed by atoms with Gasteiger partial charge in [-0.3, -0.25) is 0 Å². The summed E-state index contributed by atoms with van der Waals surface area (Å²) in [6.07, 6.45) is 1.44. The van der Waals surface area contributed by atoms with Crippen molar-refractivity contribution in [1.82, 2.24) is 4.31 Å². The molecule has 1 aliphatic rings. The van der Waals surface area contributed by atoms with Gasteiger partial charge in [0.2, 0.25) is 10.0 Å². The number of rotatable bonds is 3. The Morgan fingerprint density at radius 2 is 2.11 bits per heavy atom. The van der Waals surface area contributed by atoms with E-state index in [1.807, 2.05) is 0 Å². The lowest BCUT2D eigenvalue weighted by molar-refractivity contribution is 0.401. The largest absolute Gasteiger partial charge is 0.246 e. The molecule has 0 bridgehead atoms. The van der Waals surface area contributed by atoms with Crippen molar-refractivity contribution in [3.63, 3.8) is 0 Å². The SMILES string of the molecule is CC1CCCN1S(=O)(=O)c1cc(CCl)cc(F)c1F. The van der Waals surface area contributed by atoms with Gasteiger partial charge in [0.1, 0.15) is 4.90 Å². The highest BCUT2D eigenvalue weighted by atomic mass is 35.5. The van der Waals surface area contributed by atoms with Gasteiger partial charge in [0.15, 0.2) is 11.6 Å². The average Bonchev–Trinajstić information content (AvgIpc) is 2.79. The highest BCUT2D eigenvalue weighted by Gasteiger charge is 2.35. The normalized spacial score (nSPS) is 20.9. The van der Waals surface area contributed by atoms with Gasteiger partial charge >= 0.3 is 0 Å². The zero-order valence-electron chi connectivity index (χ0n) is 10.4. The molecule has 1 aromatic rings. The smallest absolute Gasteiger partial charge is 0.207 e. The molecule has 1 atom stereocenters. The van der Waals surface area contributed by atoms with Crippen molar-refractivity contribution in [3.05, 3.63) is 29.3 Å². The molecule has 0 aromatic heterocycles. The van der Waals surface area contributed by atoms with Gasteiger partial charge in [0.05, 0.1) is 0 Å². The lowest BCUT2D eigenvalue weighted by Gasteiger charge is -2.21. The highest BCUT2D eigenvalue weighted by Crippen LogP contribution is 2.29. The van der Waals surface area contributed by atoms with Crippen LogP contribution in [0.25, 0.3) is 0 Å². The van der Waals surface area contributed by atoms with Crippen LogP contribution in [0.15, 0.2) is 17.0 Å². The molecule has 1 aromatic carbocycles. The summed E-state index contributed by atoms with van der Waals surface area (Å²) in [6.45, 7) is 2.08. The zero-order valence-corrected chi connectivity index (χ0v) is 11.9. The third-order valence-corrected chi connectivity index (χ3v) is 5.61. The first-order valence-corrected chi connectivity index (χ1v) is 7.91. The van der Waals surface area contributed by atoms with Crippen molar-refractivity contribution in [2.45, 2.75) is 36.6 Å². The van der Waals surface area contributed by atoms with Crippen molar-refractivity contribution in [2.24, 2.45) is 0 Å². The Hall–Kier alpha value is -0.720. The maximum Gasteiger partial charge on any atom is 0.246 e. The van der Waals surface area contributed by atoms with E-state index in [4.69, 9.17) is 11.6 Å². The summed E-state index contributed by atoms with van der Waals surface area (Å²) >= 11 is 5.56. The van der Waals surface area contributed by atoms with E-state index in [-0.39, 0.29) is 17.5 Å². The van der Waals surface area contributed by atoms with Gasteiger partial charge in [-0.1, -0.05) is 0 Å². The third kappa shape index (κ3) is 2.61. The summed E-state index contributed by atoms with van der Waals surface area (Å²) in [7, 11) is -4.01. The van der Waals surface area contributed by atoms with Gasteiger partial charge < -0.3 is 0 Å². The molecule has 0 N–H and O–H groups in total. The number of alkyl halides is 1. The fraction of sp³-hybridized carbons (Fsp3) is 0.500. The van der Waals surface area contributed by atoms with Gasteiger partial charge in [-0.15, -0.1) is 11.6 Å². The maximum absolute atomic E-state index is 13.8. The van der Waals surface area contributed by atoms with Gasteiger partial charge in [-0.2, -0.15) is 4.31 Å². The van der Waals surface area contributed by atoms with E-state index in [2.05, 4.69) is 0 Å². The van der Waals surface area contributed by atoms with Gasteiger partial charge in [0.25, 0.3) is 0 Å². The first-order chi connectivity index (χ1) is 8.87. The molecule has 7 heteroatoms. The Morgan fingerprint density at radius 3 is 2.63 bits per heavy atom. The Morgan fingerprint density at radius 1 is 1.42 bits per heavy atom. The van der Waals surface area contributed by atoms with Crippen LogP contribution in [-0.2, 0) is 15.9 Å². The second kappa shape index (κ2) is 5.34. The minimum absolute atomic E-state index is 0.0741. The molecule has 0 amide bonds. The Bertz CT molecular complexity index is 592. The molecule has 1 saturated heterocycles. The second-order valence-corrected chi connectivity index (χ2v) is 6.76. The van der Waals surface area contributed by atoms with E-state index in [0.29, 0.717) is 6.54 Å².